The molecule has 0 amide bonds. The number of nitrogens with two attached hydrogens (primary N) is 1. The maximum absolute atomic E-state index is 6.03. The molecular weight excluding hydrogens is 176 g/mol. The average molecular weight is 192 g/mol. The third-order valence-electron chi connectivity index (χ3n) is 2.75. The van der Waals surface area contributed by atoms with E-state index in [0.717, 1.165) is 26.1 Å². The van der Waals surface area contributed by atoms with Crippen LogP contribution in [0.2, 0.25) is 0 Å². The second-order valence-corrected chi connectivity index (χ2v) is 3.85. The number of hydrogen-bond acceptors (Lipinski definition) is 3. The molecule has 76 valence electrons. The molecule has 1 aromatic rings. The van der Waals surface area contributed by atoms with Gasteiger partial charge in [-0.2, -0.15) is 0 Å². The molecule has 2 rings (SSSR count). The van der Waals surface area contributed by atoms with E-state index in [0.29, 0.717) is 5.92 Å². The van der Waals surface area contributed by atoms with E-state index in [1.54, 1.807) is 6.20 Å². The minimum Gasteiger partial charge on any atom is -0.381 e. The first-order valence-electron chi connectivity index (χ1n) is 5.08. The van der Waals surface area contributed by atoms with Crippen molar-refractivity contribution in [3.63, 3.8) is 0 Å². The molecule has 0 aliphatic carbocycles. The third-order valence-corrected chi connectivity index (χ3v) is 2.75. The molecule has 3 heteroatoms. The molecule has 1 aromatic heterocycles. The van der Waals surface area contributed by atoms with Gasteiger partial charge in [0.15, 0.2) is 0 Å². The first-order chi connectivity index (χ1) is 6.86. The van der Waals surface area contributed by atoms with Gasteiger partial charge in [-0.25, -0.2) is 0 Å². The number of pyridine rings is 1. The highest BCUT2D eigenvalue weighted by atomic mass is 16.5. The predicted octanol–water partition coefficient (Wildman–Crippen LogP) is 0.988. The molecule has 1 saturated heterocycles. The Labute approximate surface area is 84.3 Å². The molecule has 3 nitrogen and oxygen atoms in total. The lowest BCUT2D eigenvalue weighted by molar-refractivity contribution is 0.0422. The zero-order valence-electron chi connectivity index (χ0n) is 8.23. The van der Waals surface area contributed by atoms with Crippen LogP contribution in [0.15, 0.2) is 24.5 Å². The summed E-state index contributed by atoms with van der Waals surface area (Å²) in [6, 6.07) is 4.34. The monoisotopic (exact) mass is 192 g/mol. The molecule has 2 heterocycles. The minimum absolute atomic E-state index is 0.281. The molecule has 1 aliphatic rings. The predicted molar refractivity (Wildman–Crippen MR) is 54.8 cm³/mol. The van der Waals surface area contributed by atoms with Crippen LogP contribution in [0.1, 0.15) is 12.0 Å². The fraction of sp³-hybridized carbons (Fsp3) is 0.545. The van der Waals surface area contributed by atoms with Crippen LogP contribution >= 0.6 is 0 Å². The fourth-order valence-electron chi connectivity index (χ4n) is 1.85. The summed E-state index contributed by atoms with van der Waals surface area (Å²) in [6.45, 7) is 1.60. The van der Waals surface area contributed by atoms with Gasteiger partial charge in [-0.15, -0.1) is 0 Å². The van der Waals surface area contributed by atoms with Gasteiger partial charge in [0.2, 0.25) is 0 Å². The Bertz CT molecular complexity index is 276. The maximum atomic E-state index is 6.03. The molecule has 14 heavy (non-hydrogen) atoms. The molecule has 0 saturated carbocycles. The molecule has 0 aromatic carbocycles. The smallest absolute Gasteiger partial charge is 0.0512 e. The van der Waals surface area contributed by atoms with E-state index in [4.69, 9.17) is 10.5 Å². The fourth-order valence-corrected chi connectivity index (χ4v) is 1.85. The van der Waals surface area contributed by atoms with E-state index >= 15 is 0 Å². The van der Waals surface area contributed by atoms with Gasteiger partial charge < -0.3 is 10.5 Å². The summed E-state index contributed by atoms with van der Waals surface area (Å²) in [5, 5.41) is 0. The van der Waals surface area contributed by atoms with Crippen molar-refractivity contribution in [3.8, 4) is 0 Å². The van der Waals surface area contributed by atoms with E-state index in [1.165, 1.54) is 5.56 Å². The van der Waals surface area contributed by atoms with Crippen LogP contribution in [0.25, 0.3) is 0 Å². The first-order valence-corrected chi connectivity index (χ1v) is 5.08. The second kappa shape index (κ2) is 4.53. The average Bonchev–Trinajstić information content (AvgIpc) is 2.23. The van der Waals surface area contributed by atoms with Crippen molar-refractivity contribution in [2.24, 2.45) is 11.7 Å². The summed E-state index contributed by atoms with van der Waals surface area (Å²) in [5.41, 5.74) is 7.27. The van der Waals surface area contributed by atoms with Crippen LogP contribution in [0.3, 0.4) is 0 Å². The van der Waals surface area contributed by atoms with Gasteiger partial charge in [0.25, 0.3) is 0 Å². The summed E-state index contributed by atoms with van der Waals surface area (Å²) in [4.78, 5) is 4.09. The molecule has 0 radical (unpaired) electrons. The lowest BCUT2D eigenvalue weighted by Crippen LogP contribution is -2.39. The van der Waals surface area contributed by atoms with E-state index in [2.05, 4.69) is 11.1 Å². The summed E-state index contributed by atoms with van der Waals surface area (Å²) in [5.74, 6) is 0.452. The highest BCUT2D eigenvalue weighted by molar-refractivity contribution is 5.10. The molecule has 1 aliphatic heterocycles. The SMILES string of the molecule is NC1CCOCC1Cc1cccnc1. The van der Waals surface area contributed by atoms with Crippen molar-refractivity contribution >= 4 is 0 Å². The Morgan fingerprint density at radius 1 is 1.57 bits per heavy atom. The van der Waals surface area contributed by atoms with Crippen LogP contribution < -0.4 is 5.73 Å². The molecule has 2 N–H and O–H groups in total. The normalized spacial score (nSPS) is 27.5. The summed E-state index contributed by atoms with van der Waals surface area (Å²) in [6.07, 6.45) is 5.65. The number of rotatable bonds is 2. The molecule has 0 bridgehead atoms. The van der Waals surface area contributed by atoms with Crippen LogP contribution in [0.5, 0.6) is 0 Å². The zero-order chi connectivity index (χ0) is 9.80. The van der Waals surface area contributed by atoms with E-state index in [1.807, 2.05) is 12.3 Å². The Morgan fingerprint density at radius 3 is 3.21 bits per heavy atom. The van der Waals surface area contributed by atoms with Gasteiger partial charge in [0.1, 0.15) is 0 Å². The standard InChI is InChI=1S/C11H16N2O/c12-11-3-5-14-8-10(11)6-9-2-1-4-13-7-9/h1-2,4,7,10-11H,3,5-6,8,12H2. The Kier molecular flexibility index (Phi) is 3.11. The van der Waals surface area contributed by atoms with E-state index in [9.17, 15) is 0 Å². The van der Waals surface area contributed by atoms with Crippen molar-refractivity contribution in [3.05, 3.63) is 30.1 Å². The lowest BCUT2D eigenvalue weighted by atomic mass is 9.91. The van der Waals surface area contributed by atoms with Crippen molar-refractivity contribution < 1.29 is 4.74 Å². The number of hydrogen-bond donors (Lipinski definition) is 1. The third kappa shape index (κ3) is 2.30. The van der Waals surface area contributed by atoms with Crippen LogP contribution in [-0.2, 0) is 11.2 Å². The van der Waals surface area contributed by atoms with Gasteiger partial charge in [0, 0.05) is 31.0 Å². The van der Waals surface area contributed by atoms with E-state index in [-0.39, 0.29) is 6.04 Å². The topological polar surface area (TPSA) is 48.1 Å². The van der Waals surface area contributed by atoms with Gasteiger partial charge in [-0.05, 0) is 24.5 Å². The van der Waals surface area contributed by atoms with Crippen molar-refractivity contribution in [1.29, 1.82) is 0 Å². The van der Waals surface area contributed by atoms with Gasteiger partial charge in [0.05, 0.1) is 6.61 Å². The zero-order valence-corrected chi connectivity index (χ0v) is 8.23. The minimum atomic E-state index is 0.281. The van der Waals surface area contributed by atoms with Gasteiger partial charge >= 0.3 is 0 Å². The van der Waals surface area contributed by atoms with E-state index < -0.39 is 0 Å². The summed E-state index contributed by atoms with van der Waals surface area (Å²) < 4.78 is 5.42. The number of nitrogens with zero attached hydrogens (tertiary/aromatic N) is 1. The highest BCUT2D eigenvalue weighted by Gasteiger charge is 2.22. The molecular formula is C11H16N2O. The van der Waals surface area contributed by atoms with Crippen LogP contribution in [0, 0.1) is 5.92 Å². The lowest BCUT2D eigenvalue weighted by Gasteiger charge is -2.28. The summed E-state index contributed by atoms with van der Waals surface area (Å²) >= 11 is 0. The van der Waals surface area contributed by atoms with Crippen molar-refractivity contribution in [2.75, 3.05) is 13.2 Å². The number of ether oxygens (including phenoxy) is 1. The second-order valence-electron chi connectivity index (χ2n) is 3.85. The van der Waals surface area contributed by atoms with Crippen LogP contribution in [0.4, 0.5) is 0 Å². The number of aromatic nitrogens is 1. The molecule has 0 spiro atoms. The molecule has 2 unspecified atom stereocenters. The molecule has 1 fully saturated rings. The van der Waals surface area contributed by atoms with Crippen LogP contribution in [-0.4, -0.2) is 24.2 Å². The Balaban J connectivity index is 1.96. The largest absolute Gasteiger partial charge is 0.381 e. The summed E-state index contributed by atoms with van der Waals surface area (Å²) in [7, 11) is 0. The highest BCUT2D eigenvalue weighted by Crippen LogP contribution is 2.17. The van der Waals surface area contributed by atoms with Gasteiger partial charge in [-0.3, -0.25) is 4.98 Å². The van der Waals surface area contributed by atoms with Crippen molar-refractivity contribution in [1.82, 2.24) is 4.98 Å². The Morgan fingerprint density at radius 2 is 2.50 bits per heavy atom. The quantitative estimate of drug-likeness (QED) is 0.760. The first kappa shape index (κ1) is 9.62. The Hall–Kier alpha value is -0.930. The maximum Gasteiger partial charge on any atom is 0.0512 e. The molecule has 2 atom stereocenters. The van der Waals surface area contributed by atoms with Crippen molar-refractivity contribution in [2.45, 2.75) is 18.9 Å². The van der Waals surface area contributed by atoms with Gasteiger partial charge in [-0.1, -0.05) is 6.07 Å².